The zero-order chi connectivity index (χ0) is 21.3. The fourth-order valence-corrected chi connectivity index (χ4v) is 4.64. The highest BCUT2D eigenvalue weighted by molar-refractivity contribution is 8.01. The van der Waals surface area contributed by atoms with Crippen LogP contribution in [0.2, 0.25) is 0 Å². The number of carbonyl (C=O) groups excluding carboxylic acids is 3. The molecular formula is C21H19F2N3O3S. The van der Waals surface area contributed by atoms with Crippen molar-refractivity contribution in [2.45, 2.75) is 23.0 Å². The van der Waals surface area contributed by atoms with Gasteiger partial charge in [-0.25, -0.2) is 8.78 Å². The molecule has 0 spiro atoms. The Kier molecular flexibility index (Phi) is 5.72. The summed E-state index contributed by atoms with van der Waals surface area (Å²) in [5.74, 6) is -2.95. The number of benzene rings is 2. The lowest BCUT2D eigenvalue weighted by Crippen LogP contribution is -2.48. The van der Waals surface area contributed by atoms with Crippen LogP contribution in [0, 0.1) is 17.6 Å². The van der Waals surface area contributed by atoms with E-state index >= 15 is 0 Å². The van der Waals surface area contributed by atoms with Gasteiger partial charge >= 0.3 is 0 Å². The third kappa shape index (κ3) is 4.16. The molecule has 6 nitrogen and oxygen atoms in total. The lowest BCUT2D eigenvalue weighted by atomic mass is 9.95. The SMILES string of the molecule is O=C(Nc1ccc(F)cc1F)C1CCN(C(=O)C2Sc3ccccc3NC2=O)CC1. The lowest BCUT2D eigenvalue weighted by Gasteiger charge is -2.34. The van der Waals surface area contributed by atoms with Crippen molar-refractivity contribution in [2.75, 3.05) is 23.7 Å². The lowest BCUT2D eigenvalue weighted by molar-refractivity contribution is -0.136. The van der Waals surface area contributed by atoms with Gasteiger partial charge in [-0.2, -0.15) is 0 Å². The number of halogens is 2. The van der Waals surface area contributed by atoms with Gasteiger partial charge in [-0.3, -0.25) is 14.4 Å². The Morgan fingerprint density at radius 2 is 1.83 bits per heavy atom. The standard InChI is InChI=1S/C21H19F2N3O3S/c22-13-5-6-15(14(23)11-13)24-19(27)12-7-9-26(10-8-12)21(29)18-20(28)25-16-3-1-2-4-17(16)30-18/h1-6,11-12,18H,7-10H2,(H,24,27)(H,25,28). The predicted molar refractivity (Wildman–Crippen MR) is 109 cm³/mol. The maximum atomic E-state index is 13.7. The van der Waals surface area contributed by atoms with Gasteiger partial charge in [-0.05, 0) is 37.1 Å². The Hall–Kier alpha value is -2.94. The minimum atomic E-state index is -0.862. The van der Waals surface area contributed by atoms with Gasteiger partial charge in [0.2, 0.25) is 17.7 Å². The number of carbonyl (C=O) groups is 3. The van der Waals surface area contributed by atoms with Crippen LogP contribution < -0.4 is 10.6 Å². The van der Waals surface area contributed by atoms with Gasteiger partial charge in [0.25, 0.3) is 0 Å². The van der Waals surface area contributed by atoms with Crippen LogP contribution in [0.15, 0.2) is 47.4 Å². The molecule has 3 amide bonds. The average Bonchev–Trinajstić information content (AvgIpc) is 2.75. The van der Waals surface area contributed by atoms with Crippen molar-refractivity contribution in [3.8, 4) is 0 Å². The van der Waals surface area contributed by atoms with E-state index in [1.165, 1.54) is 17.8 Å². The van der Waals surface area contributed by atoms with Crippen molar-refractivity contribution in [3.63, 3.8) is 0 Å². The van der Waals surface area contributed by atoms with Gasteiger partial charge in [0, 0.05) is 30.0 Å². The van der Waals surface area contributed by atoms with E-state index in [9.17, 15) is 23.2 Å². The number of hydrogen-bond acceptors (Lipinski definition) is 4. The molecule has 0 saturated carbocycles. The summed E-state index contributed by atoms with van der Waals surface area (Å²) in [6.07, 6.45) is 0.798. The van der Waals surface area contributed by atoms with E-state index in [1.807, 2.05) is 18.2 Å². The summed E-state index contributed by atoms with van der Waals surface area (Å²) in [5, 5.41) is 4.38. The predicted octanol–water partition coefficient (Wildman–Crippen LogP) is 3.25. The molecule has 0 bridgehead atoms. The number of thioether (sulfide) groups is 1. The van der Waals surface area contributed by atoms with Crippen molar-refractivity contribution in [1.82, 2.24) is 4.90 Å². The van der Waals surface area contributed by atoms with Crippen LogP contribution in [-0.4, -0.2) is 41.0 Å². The number of rotatable bonds is 3. The summed E-state index contributed by atoms with van der Waals surface area (Å²) in [7, 11) is 0. The molecule has 0 radical (unpaired) electrons. The highest BCUT2D eigenvalue weighted by Gasteiger charge is 2.37. The molecule has 2 aliphatic rings. The number of para-hydroxylation sites is 1. The summed E-state index contributed by atoms with van der Waals surface area (Å²) >= 11 is 1.22. The summed E-state index contributed by atoms with van der Waals surface area (Å²) < 4.78 is 26.7. The number of fused-ring (bicyclic) bond motifs is 1. The van der Waals surface area contributed by atoms with Crippen molar-refractivity contribution in [1.29, 1.82) is 0 Å². The van der Waals surface area contributed by atoms with E-state index in [0.717, 1.165) is 11.0 Å². The number of hydrogen-bond donors (Lipinski definition) is 2. The van der Waals surface area contributed by atoms with Gasteiger partial charge in [-0.1, -0.05) is 12.1 Å². The molecule has 1 saturated heterocycles. The molecule has 1 unspecified atom stereocenters. The van der Waals surface area contributed by atoms with Crippen molar-refractivity contribution in [3.05, 3.63) is 54.1 Å². The van der Waals surface area contributed by atoms with Crippen LogP contribution in [-0.2, 0) is 14.4 Å². The second kappa shape index (κ2) is 8.43. The first kappa shape index (κ1) is 20.3. The normalized spacial score (nSPS) is 19.1. The third-order valence-corrected chi connectivity index (χ3v) is 6.48. The molecular weight excluding hydrogens is 412 g/mol. The minimum absolute atomic E-state index is 0.0751. The molecule has 0 aliphatic carbocycles. The van der Waals surface area contributed by atoms with Gasteiger partial charge in [-0.15, -0.1) is 11.8 Å². The highest BCUT2D eigenvalue weighted by atomic mass is 32.2. The fraction of sp³-hybridized carbons (Fsp3) is 0.286. The van der Waals surface area contributed by atoms with E-state index in [1.54, 1.807) is 11.0 Å². The van der Waals surface area contributed by atoms with Crippen LogP contribution in [0.4, 0.5) is 20.2 Å². The molecule has 0 aromatic heterocycles. The Bertz CT molecular complexity index is 1010. The summed E-state index contributed by atoms with van der Waals surface area (Å²) in [5.41, 5.74) is 0.619. The highest BCUT2D eigenvalue weighted by Crippen LogP contribution is 2.36. The number of anilines is 2. The Morgan fingerprint density at radius 1 is 1.10 bits per heavy atom. The van der Waals surface area contributed by atoms with Crippen molar-refractivity contribution >= 4 is 40.9 Å². The summed E-state index contributed by atoms with van der Waals surface area (Å²) in [4.78, 5) is 40.1. The van der Waals surface area contributed by atoms with Crippen LogP contribution in [0.1, 0.15) is 12.8 Å². The van der Waals surface area contributed by atoms with E-state index in [2.05, 4.69) is 10.6 Å². The molecule has 4 rings (SSSR count). The number of nitrogens with one attached hydrogen (secondary N) is 2. The molecule has 1 fully saturated rings. The first-order valence-electron chi connectivity index (χ1n) is 9.53. The first-order chi connectivity index (χ1) is 14.4. The van der Waals surface area contributed by atoms with Crippen molar-refractivity contribution < 1.29 is 23.2 Å². The Balaban J connectivity index is 1.34. The number of piperidine rings is 1. The third-order valence-electron chi connectivity index (χ3n) is 5.22. The van der Waals surface area contributed by atoms with E-state index in [-0.39, 0.29) is 23.4 Å². The molecule has 2 aromatic carbocycles. The second-order valence-electron chi connectivity index (χ2n) is 7.20. The van der Waals surface area contributed by atoms with Gasteiger partial charge in [0.1, 0.15) is 11.6 Å². The van der Waals surface area contributed by atoms with Crippen LogP contribution in [0.3, 0.4) is 0 Å². The molecule has 2 heterocycles. The molecule has 2 N–H and O–H groups in total. The van der Waals surface area contributed by atoms with Crippen LogP contribution in [0.25, 0.3) is 0 Å². The summed E-state index contributed by atoms with van der Waals surface area (Å²) in [6.45, 7) is 0.656. The second-order valence-corrected chi connectivity index (χ2v) is 8.34. The van der Waals surface area contributed by atoms with Gasteiger partial charge < -0.3 is 15.5 Å². The average molecular weight is 431 g/mol. The monoisotopic (exact) mass is 431 g/mol. The molecule has 9 heteroatoms. The minimum Gasteiger partial charge on any atom is -0.341 e. The van der Waals surface area contributed by atoms with E-state index < -0.39 is 22.8 Å². The molecule has 1 atom stereocenters. The smallest absolute Gasteiger partial charge is 0.247 e. The molecule has 2 aromatic rings. The molecule has 156 valence electrons. The van der Waals surface area contributed by atoms with E-state index in [0.29, 0.717) is 37.7 Å². The fourth-order valence-electron chi connectivity index (χ4n) is 3.57. The number of amides is 3. The molecule has 30 heavy (non-hydrogen) atoms. The topological polar surface area (TPSA) is 78.5 Å². The molecule has 2 aliphatic heterocycles. The zero-order valence-electron chi connectivity index (χ0n) is 15.9. The number of nitrogens with zero attached hydrogens (tertiary/aromatic N) is 1. The van der Waals surface area contributed by atoms with Gasteiger partial charge in [0.15, 0.2) is 5.25 Å². The van der Waals surface area contributed by atoms with Gasteiger partial charge in [0.05, 0.1) is 11.4 Å². The van der Waals surface area contributed by atoms with Crippen LogP contribution in [0.5, 0.6) is 0 Å². The van der Waals surface area contributed by atoms with E-state index in [4.69, 9.17) is 0 Å². The quantitative estimate of drug-likeness (QED) is 0.732. The maximum Gasteiger partial charge on any atom is 0.247 e. The largest absolute Gasteiger partial charge is 0.341 e. The Morgan fingerprint density at radius 3 is 2.57 bits per heavy atom. The first-order valence-corrected chi connectivity index (χ1v) is 10.4. The maximum absolute atomic E-state index is 13.7. The summed E-state index contributed by atoms with van der Waals surface area (Å²) in [6, 6.07) is 10.3. The number of likely N-dealkylation sites (tertiary alicyclic amines) is 1. The van der Waals surface area contributed by atoms with Crippen molar-refractivity contribution in [2.24, 2.45) is 5.92 Å². The zero-order valence-corrected chi connectivity index (χ0v) is 16.7. The Labute approximate surface area is 176 Å². The van der Waals surface area contributed by atoms with Crippen LogP contribution >= 0.6 is 11.8 Å².